The minimum absolute atomic E-state index is 0.00401. The van der Waals surface area contributed by atoms with Gasteiger partial charge in [0.05, 0.1) is 33.8 Å². The minimum Gasteiger partial charge on any atom is -0.282 e. The Balaban J connectivity index is 1.65. The van der Waals surface area contributed by atoms with Gasteiger partial charge in [0.1, 0.15) is 0 Å². The quantitative estimate of drug-likeness (QED) is 0.595. The van der Waals surface area contributed by atoms with E-state index < -0.39 is 0 Å². The normalized spacial score (nSPS) is 13.8. The number of hydrogen-bond acceptors (Lipinski definition) is 3. The standard InChI is InChI=1S/C22H17Cl2N3O/c23-19-8-6-15(12-20(19)24)13-22(28)27-11-3-10-26(27)21-9-7-16(14-25)17-4-1-2-5-18(17)21/h1-2,4-9,12H,3,10-11,13H2. The molecule has 4 rings (SSSR count). The Bertz CT molecular complexity index is 1110. The van der Waals surface area contributed by atoms with Crippen molar-refractivity contribution in [2.45, 2.75) is 12.8 Å². The minimum atomic E-state index is 0.00401. The van der Waals surface area contributed by atoms with Gasteiger partial charge in [-0.3, -0.25) is 14.8 Å². The van der Waals surface area contributed by atoms with E-state index in [2.05, 4.69) is 6.07 Å². The first kappa shape index (κ1) is 18.6. The molecule has 0 unspecified atom stereocenters. The number of benzene rings is 3. The zero-order valence-corrected chi connectivity index (χ0v) is 16.5. The van der Waals surface area contributed by atoms with Crippen LogP contribution in [0.5, 0.6) is 0 Å². The van der Waals surface area contributed by atoms with Crippen molar-refractivity contribution in [3.8, 4) is 6.07 Å². The molecule has 28 heavy (non-hydrogen) atoms. The molecule has 0 radical (unpaired) electrons. The van der Waals surface area contributed by atoms with Gasteiger partial charge in [0.15, 0.2) is 0 Å². The van der Waals surface area contributed by atoms with Gasteiger partial charge in [0.25, 0.3) is 0 Å². The molecule has 0 spiro atoms. The lowest BCUT2D eigenvalue weighted by Gasteiger charge is -2.31. The molecule has 6 heteroatoms. The lowest BCUT2D eigenvalue weighted by molar-refractivity contribution is -0.129. The number of carbonyl (C=O) groups is 1. The van der Waals surface area contributed by atoms with Crippen LogP contribution in [0.15, 0.2) is 54.6 Å². The van der Waals surface area contributed by atoms with Crippen LogP contribution >= 0.6 is 23.2 Å². The molecule has 0 atom stereocenters. The maximum absolute atomic E-state index is 13.0. The van der Waals surface area contributed by atoms with Crippen LogP contribution in [0.4, 0.5) is 5.69 Å². The summed E-state index contributed by atoms with van der Waals surface area (Å²) in [6, 6.07) is 19.1. The molecule has 1 aliphatic rings. The number of hydrogen-bond donors (Lipinski definition) is 0. The Morgan fingerprint density at radius 1 is 1.00 bits per heavy atom. The molecule has 0 N–H and O–H groups in total. The van der Waals surface area contributed by atoms with E-state index >= 15 is 0 Å². The smallest absolute Gasteiger partial charge is 0.245 e. The monoisotopic (exact) mass is 409 g/mol. The van der Waals surface area contributed by atoms with Crippen molar-refractivity contribution in [1.82, 2.24) is 5.01 Å². The first-order valence-corrected chi connectivity index (χ1v) is 9.77. The van der Waals surface area contributed by atoms with Gasteiger partial charge in [-0.2, -0.15) is 5.26 Å². The van der Waals surface area contributed by atoms with E-state index in [9.17, 15) is 10.1 Å². The van der Waals surface area contributed by atoms with Crippen LogP contribution in [0.2, 0.25) is 10.0 Å². The molecule has 3 aromatic rings. The number of halogens is 2. The number of rotatable bonds is 3. The molecule has 140 valence electrons. The highest BCUT2D eigenvalue weighted by atomic mass is 35.5. The Hall–Kier alpha value is -2.74. The average Bonchev–Trinajstić information content (AvgIpc) is 3.19. The van der Waals surface area contributed by atoms with Crippen LogP contribution in [0, 0.1) is 11.3 Å². The second-order valence-electron chi connectivity index (χ2n) is 6.71. The Morgan fingerprint density at radius 3 is 2.54 bits per heavy atom. The number of fused-ring (bicyclic) bond motifs is 1. The molecule has 0 aliphatic carbocycles. The van der Waals surface area contributed by atoms with E-state index in [1.807, 2.05) is 47.5 Å². The van der Waals surface area contributed by atoms with Gasteiger partial charge < -0.3 is 0 Å². The summed E-state index contributed by atoms with van der Waals surface area (Å²) in [7, 11) is 0. The largest absolute Gasteiger partial charge is 0.282 e. The number of nitriles is 1. The molecule has 1 saturated heterocycles. The van der Waals surface area contributed by atoms with E-state index in [-0.39, 0.29) is 12.3 Å². The highest BCUT2D eigenvalue weighted by molar-refractivity contribution is 6.42. The first-order valence-electron chi connectivity index (χ1n) is 9.02. The van der Waals surface area contributed by atoms with Gasteiger partial charge in [-0.15, -0.1) is 0 Å². The maximum atomic E-state index is 13.0. The molecule has 1 fully saturated rings. The number of hydrazine groups is 1. The third kappa shape index (κ3) is 3.40. The van der Waals surface area contributed by atoms with Gasteiger partial charge in [0, 0.05) is 23.9 Å². The SMILES string of the molecule is N#Cc1ccc(N2CCCN2C(=O)Cc2ccc(Cl)c(Cl)c2)c2ccccc12. The third-order valence-electron chi connectivity index (χ3n) is 4.96. The van der Waals surface area contributed by atoms with Crippen molar-refractivity contribution >= 4 is 45.6 Å². The second-order valence-corrected chi connectivity index (χ2v) is 7.52. The molecular formula is C22H17Cl2N3O. The van der Waals surface area contributed by atoms with Crippen LogP contribution < -0.4 is 5.01 Å². The summed E-state index contributed by atoms with van der Waals surface area (Å²) in [6.45, 7) is 1.41. The Labute approximate surface area is 173 Å². The van der Waals surface area contributed by atoms with E-state index in [1.54, 1.807) is 17.1 Å². The lowest BCUT2D eigenvalue weighted by atomic mass is 10.0. The summed E-state index contributed by atoms with van der Waals surface area (Å²) in [5.41, 5.74) is 2.40. The molecule has 1 amide bonds. The Morgan fingerprint density at radius 2 is 1.79 bits per heavy atom. The van der Waals surface area contributed by atoms with Gasteiger partial charge in [-0.05, 0) is 36.2 Å². The van der Waals surface area contributed by atoms with Crippen molar-refractivity contribution in [3.05, 3.63) is 75.8 Å². The van der Waals surface area contributed by atoms with Crippen molar-refractivity contribution in [1.29, 1.82) is 5.26 Å². The van der Waals surface area contributed by atoms with E-state index in [4.69, 9.17) is 23.2 Å². The molecule has 0 saturated carbocycles. The zero-order chi connectivity index (χ0) is 19.7. The molecule has 0 aromatic heterocycles. The van der Waals surface area contributed by atoms with Crippen LogP contribution in [-0.2, 0) is 11.2 Å². The predicted octanol–water partition coefficient (Wildman–Crippen LogP) is 5.21. The fourth-order valence-electron chi connectivity index (χ4n) is 3.64. The van der Waals surface area contributed by atoms with Crippen molar-refractivity contribution in [3.63, 3.8) is 0 Å². The molecule has 1 heterocycles. The van der Waals surface area contributed by atoms with Crippen molar-refractivity contribution in [2.24, 2.45) is 0 Å². The maximum Gasteiger partial charge on any atom is 0.245 e. The number of anilines is 1. The fourth-order valence-corrected chi connectivity index (χ4v) is 3.96. The molecule has 1 aliphatic heterocycles. The first-order chi connectivity index (χ1) is 13.6. The van der Waals surface area contributed by atoms with Crippen LogP contribution in [-0.4, -0.2) is 24.0 Å². The highest BCUT2D eigenvalue weighted by Crippen LogP contribution is 2.32. The van der Waals surface area contributed by atoms with E-state index in [1.165, 1.54) is 0 Å². The Kier molecular flexibility index (Phi) is 5.13. The van der Waals surface area contributed by atoms with Gasteiger partial charge in [0.2, 0.25) is 5.91 Å². The predicted molar refractivity (Wildman–Crippen MR) is 113 cm³/mol. The lowest BCUT2D eigenvalue weighted by Crippen LogP contribution is -2.42. The van der Waals surface area contributed by atoms with Crippen LogP contribution in [0.3, 0.4) is 0 Å². The topological polar surface area (TPSA) is 47.3 Å². The summed E-state index contributed by atoms with van der Waals surface area (Å²) in [4.78, 5) is 13.0. The molecule has 3 aromatic carbocycles. The summed E-state index contributed by atoms with van der Waals surface area (Å²) in [5.74, 6) is 0.00401. The van der Waals surface area contributed by atoms with Gasteiger partial charge in [-0.25, -0.2) is 0 Å². The van der Waals surface area contributed by atoms with E-state index in [0.717, 1.165) is 35.0 Å². The third-order valence-corrected chi connectivity index (χ3v) is 5.70. The highest BCUT2D eigenvalue weighted by Gasteiger charge is 2.28. The summed E-state index contributed by atoms with van der Waals surface area (Å²) < 4.78 is 0. The van der Waals surface area contributed by atoms with Crippen molar-refractivity contribution in [2.75, 3.05) is 18.1 Å². The zero-order valence-electron chi connectivity index (χ0n) is 15.0. The van der Waals surface area contributed by atoms with Crippen LogP contribution in [0.1, 0.15) is 17.5 Å². The summed E-state index contributed by atoms with van der Waals surface area (Å²) >= 11 is 12.1. The van der Waals surface area contributed by atoms with Gasteiger partial charge >= 0.3 is 0 Å². The molecule has 0 bridgehead atoms. The van der Waals surface area contributed by atoms with E-state index in [0.29, 0.717) is 22.2 Å². The summed E-state index contributed by atoms with van der Waals surface area (Å²) in [6.07, 6.45) is 1.14. The number of nitrogens with zero attached hydrogens (tertiary/aromatic N) is 3. The molecular weight excluding hydrogens is 393 g/mol. The van der Waals surface area contributed by atoms with Crippen molar-refractivity contribution < 1.29 is 4.79 Å². The summed E-state index contributed by atoms with van der Waals surface area (Å²) in [5, 5.41) is 16.0. The average molecular weight is 410 g/mol. The number of carbonyl (C=O) groups excluding carboxylic acids is 1. The van der Waals surface area contributed by atoms with Gasteiger partial charge in [-0.1, -0.05) is 53.5 Å². The van der Waals surface area contributed by atoms with Crippen LogP contribution in [0.25, 0.3) is 10.8 Å². The molecule has 4 nitrogen and oxygen atoms in total. The fraction of sp³-hybridized carbons (Fsp3) is 0.182. The second kappa shape index (κ2) is 7.71. The number of amides is 1.